The van der Waals surface area contributed by atoms with Gasteiger partial charge in [-0.25, -0.2) is 0 Å². The zero-order valence-corrected chi connectivity index (χ0v) is 10.3. The Morgan fingerprint density at radius 1 is 1.25 bits per heavy atom. The van der Waals surface area contributed by atoms with Crippen LogP contribution in [0.3, 0.4) is 0 Å². The number of nitrogens with zero attached hydrogens (tertiary/aromatic N) is 2. The number of hydrogen-bond donors (Lipinski definition) is 1. The van der Waals surface area contributed by atoms with Gasteiger partial charge in [0.2, 0.25) is 0 Å². The molecule has 0 aliphatic carbocycles. The molecule has 0 bridgehead atoms. The van der Waals surface area contributed by atoms with Crippen molar-refractivity contribution in [3.05, 3.63) is 45.9 Å². The lowest BCUT2D eigenvalue weighted by atomic mass is 10.2. The van der Waals surface area contributed by atoms with Gasteiger partial charge in [-0.2, -0.15) is 0 Å². The normalized spacial score (nSPS) is 12.6. The van der Waals surface area contributed by atoms with Crippen LogP contribution in [0.2, 0.25) is 0 Å². The average molecular weight is 233 g/mol. The average Bonchev–Trinajstić information content (AvgIpc) is 2.74. The summed E-state index contributed by atoms with van der Waals surface area (Å²) in [7, 11) is 0. The molecule has 0 spiro atoms. The Morgan fingerprint density at radius 3 is 2.62 bits per heavy atom. The zero-order valence-electron chi connectivity index (χ0n) is 9.47. The summed E-state index contributed by atoms with van der Waals surface area (Å²) >= 11 is 1.65. The summed E-state index contributed by atoms with van der Waals surface area (Å²) in [4.78, 5) is 0. The minimum atomic E-state index is 0.256. The predicted molar refractivity (Wildman–Crippen MR) is 66.3 cm³/mol. The van der Waals surface area contributed by atoms with Gasteiger partial charge in [-0.3, -0.25) is 0 Å². The summed E-state index contributed by atoms with van der Waals surface area (Å²) in [6.45, 7) is 4.95. The van der Waals surface area contributed by atoms with Crippen LogP contribution in [-0.4, -0.2) is 10.2 Å². The van der Waals surface area contributed by atoms with E-state index in [0.29, 0.717) is 0 Å². The molecule has 2 aromatic rings. The van der Waals surface area contributed by atoms with Gasteiger partial charge < -0.3 is 5.32 Å². The Morgan fingerprint density at radius 2 is 2.00 bits per heavy atom. The first kappa shape index (κ1) is 11.2. The fraction of sp³-hybridized carbons (Fsp3) is 0.333. The molecule has 1 unspecified atom stereocenters. The van der Waals surface area contributed by atoms with Crippen molar-refractivity contribution in [2.24, 2.45) is 0 Å². The highest BCUT2D eigenvalue weighted by atomic mass is 32.1. The third kappa shape index (κ3) is 2.87. The molecule has 4 heteroatoms. The first-order valence-electron chi connectivity index (χ1n) is 5.33. The smallest absolute Gasteiger partial charge is 0.134 e. The second-order valence-electron chi connectivity index (χ2n) is 3.75. The van der Waals surface area contributed by atoms with Gasteiger partial charge in [-0.15, -0.1) is 21.5 Å². The molecule has 1 aromatic heterocycles. The molecule has 0 saturated heterocycles. The monoisotopic (exact) mass is 233 g/mol. The second kappa shape index (κ2) is 5.18. The van der Waals surface area contributed by atoms with Gasteiger partial charge in [0.05, 0.1) is 6.04 Å². The van der Waals surface area contributed by atoms with Gasteiger partial charge in [0, 0.05) is 6.54 Å². The van der Waals surface area contributed by atoms with Crippen molar-refractivity contribution in [3.8, 4) is 0 Å². The fourth-order valence-electron chi connectivity index (χ4n) is 1.44. The quantitative estimate of drug-likeness (QED) is 0.882. The zero-order chi connectivity index (χ0) is 11.4. The minimum absolute atomic E-state index is 0.256. The highest BCUT2D eigenvalue weighted by molar-refractivity contribution is 7.11. The molecule has 0 fully saturated rings. The maximum absolute atomic E-state index is 4.13. The van der Waals surface area contributed by atoms with Crippen LogP contribution < -0.4 is 5.32 Å². The van der Waals surface area contributed by atoms with E-state index in [9.17, 15) is 0 Å². The summed E-state index contributed by atoms with van der Waals surface area (Å²) in [6, 6.07) is 10.6. The Bertz CT molecular complexity index is 439. The molecule has 1 aromatic carbocycles. The van der Waals surface area contributed by atoms with E-state index < -0.39 is 0 Å². The molecule has 84 valence electrons. The Kier molecular flexibility index (Phi) is 3.64. The second-order valence-corrected chi connectivity index (χ2v) is 4.96. The molecule has 2 rings (SSSR count). The molecule has 0 saturated carbocycles. The van der Waals surface area contributed by atoms with E-state index in [2.05, 4.69) is 46.7 Å². The maximum Gasteiger partial charge on any atom is 0.134 e. The molecule has 1 heterocycles. The summed E-state index contributed by atoms with van der Waals surface area (Å²) in [5.41, 5.74) is 1.29. The molecule has 0 amide bonds. The van der Waals surface area contributed by atoms with Crippen LogP contribution in [0, 0.1) is 6.92 Å². The molecule has 1 atom stereocenters. The van der Waals surface area contributed by atoms with Crippen molar-refractivity contribution in [2.45, 2.75) is 26.4 Å². The third-order valence-electron chi connectivity index (χ3n) is 2.37. The van der Waals surface area contributed by atoms with E-state index in [1.165, 1.54) is 5.56 Å². The van der Waals surface area contributed by atoms with Crippen LogP contribution in [0.4, 0.5) is 0 Å². The summed E-state index contributed by atoms with van der Waals surface area (Å²) in [6.07, 6.45) is 0. The highest BCUT2D eigenvalue weighted by Gasteiger charge is 2.09. The van der Waals surface area contributed by atoms with Crippen molar-refractivity contribution in [1.82, 2.24) is 15.5 Å². The Labute approximate surface area is 99.5 Å². The van der Waals surface area contributed by atoms with Crippen LogP contribution in [0.5, 0.6) is 0 Å². The van der Waals surface area contributed by atoms with E-state index in [0.717, 1.165) is 16.6 Å². The Balaban J connectivity index is 1.91. The van der Waals surface area contributed by atoms with Crippen LogP contribution in [0.15, 0.2) is 30.3 Å². The van der Waals surface area contributed by atoms with E-state index in [-0.39, 0.29) is 6.04 Å². The highest BCUT2D eigenvalue weighted by Crippen LogP contribution is 2.17. The van der Waals surface area contributed by atoms with E-state index in [1.807, 2.05) is 13.0 Å². The number of hydrogen-bond acceptors (Lipinski definition) is 4. The van der Waals surface area contributed by atoms with Gasteiger partial charge in [-0.1, -0.05) is 30.3 Å². The number of benzene rings is 1. The molecule has 0 aliphatic heterocycles. The van der Waals surface area contributed by atoms with Crippen molar-refractivity contribution in [3.63, 3.8) is 0 Å². The summed E-state index contributed by atoms with van der Waals surface area (Å²) in [5.74, 6) is 0. The summed E-state index contributed by atoms with van der Waals surface area (Å²) in [5, 5.41) is 13.7. The first-order valence-corrected chi connectivity index (χ1v) is 6.14. The maximum atomic E-state index is 4.13. The first-order chi connectivity index (χ1) is 7.75. The number of aromatic nitrogens is 2. The Hall–Kier alpha value is -1.26. The molecule has 0 aliphatic rings. The van der Waals surface area contributed by atoms with Crippen LogP contribution in [0.1, 0.15) is 28.5 Å². The fourth-order valence-corrected chi connectivity index (χ4v) is 2.17. The lowest BCUT2D eigenvalue weighted by molar-refractivity contribution is 0.567. The van der Waals surface area contributed by atoms with Gasteiger partial charge in [-0.05, 0) is 19.4 Å². The lowest BCUT2D eigenvalue weighted by Gasteiger charge is -2.10. The molecule has 0 radical (unpaired) electrons. The number of rotatable bonds is 4. The topological polar surface area (TPSA) is 37.8 Å². The largest absolute Gasteiger partial charge is 0.304 e. The molecular weight excluding hydrogens is 218 g/mol. The van der Waals surface area contributed by atoms with Gasteiger partial charge in [0.15, 0.2) is 0 Å². The minimum Gasteiger partial charge on any atom is -0.304 e. The van der Waals surface area contributed by atoms with E-state index in [4.69, 9.17) is 0 Å². The lowest BCUT2D eigenvalue weighted by Crippen LogP contribution is -2.17. The standard InChI is InChI=1S/C12H15N3S/c1-9(12-15-14-10(2)16-12)13-8-11-6-4-3-5-7-11/h3-7,9,13H,8H2,1-2H3. The van der Waals surface area contributed by atoms with Crippen molar-refractivity contribution < 1.29 is 0 Å². The van der Waals surface area contributed by atoms with Gasteiger partial charge >= 0.3 is 0 Å². The number of nitrogens with one attached hydrogen (secondary N) is 1. The van der Waals surface area contributed by atoms with E-state index in [1.54, 1.807) is 11.3 Å². The predicted octanol–water partition coefficient (Wildman–Crippen LogP) is 2.70. The molecule has 3 nitrogen and oxygen atoms in total. The van der Waals surface area contributed by atoms with Crippen LogP contribution in [-0.2, 0) is 6.54 Å². The van der Waals surface area contributed by atoms with Gasteiger partial charge in [0.25, 0.3) is 0 Å². The molecular formula is C12H15N3S. The van der Waals surface area contributed by atoms with E-state index >= 15 is 0 Å². The molecule has 1 N–H and O–H groups in total. The van der Waals surface area contributed by atoms with Crippen molar-refractivity contribution >= 4 is 11.3 Å². The van der Waals surface area contributed by atoms with Crippen LogP contribution >= 0.6 is 11.3 Å². The SMILES string of the molecule is Cc1nnc(C(C)NCc2ccccc2)s1. The third-order valence-corrected chi connectivity index (χ3v) is 3.39. The van der Waals surface area contributed by atoms with Crippen LogP contribution in [0.25, 0.3) is 0 Å². The summed E-state index contributed by atoms with van der Waals surface area (Å²) < 4.78 is 0. The van der Waals surface area contributed by atoms with Crippen molar-refractivity contribution in [2.75, 3.05) is 0 Å². The van der Waals surface area contributed by atoms with Crippen molar-refractivity contribution in [1.29, 1.82) is 0 Å². The molecule has 16 heavy (non-hydrogen) atoms. The van der Waals surface area contributed by atoms with Gasteiger partial charge in [0.1, 0.15) is 10.0 Å². The number of aryl methyl sites for hydroxylation is 1.